The summed E-state index contributed by atoms with van der Waals surface area (Å²) >= 11 is 0. The van der Waals surface area contributed by atoms with Crippen LogP contribution in [0.15, 0.2) is 43.0 Å². The average Bonchev–Trinajstić information content (AvgIpc) is 3.17. The van der Waals surface area contributed by atoms with E-state index in [-0.39, 0.29) is 11.9 Å². The van der Waals surface area contributed by atoms with Crippen LogP contribution in [-0.4, -0.2) is 60.9 Å². The summed E-state index contributed by atoms with van der Waals surface area (Å²) in [5.41, 5.74) is 1.95. The summed E-state index contributed by atoms with van der Waals surface area (Å²) in [6.45, 7) is 3.31. The first kappa shape index (κ1) is 18.3. The molecule has 0 aromatic carbocycles. The van der Waals surface area contributed by atoms with Gasteiger partial charge in [-0.1, -0.05) is 6.92 Å². The lowest BCUT2D eigenvalue weighted by Crippen LogP contribution is -2.59. The first-order valence-electron chi connectivity index (χ1n) is 9.75. The van der Waals surface area contributed by atoms with Gasteiger partial charge in [-0.15, -0.1) is 15.3 Å². The van der Waals surface area contributed by atoms with Gasteiger partial charge in [-0.05, 0) is 30.7 Å². The maximum atomic E-state index is 14.6. The van der Waals surface area contributed by atoms with E-state index in [1.165, 1.54) is 6.33 Å². The lowest BCUT2D eigenvalue weighted by molar-refractivity contribution is 0.476. The highest BCUT2D eigenvalue weighted by atomic mass is 19.1. The van der Waals surface area contributed by atoms with E-state index < -0.39 is 0 Å². The number of rotatable bonds is 5. The molecule has 152 valence electrons. The third-order valence-corrected chi connectivity index (χ3v) is 5.41. The number of anilines is 2. The molecular formula is C20H20FN9. The van der Waals surface area contributed by atoms with Crippen molar-refractivity contribution in [3.8, 4) is 11.4 Å². The van der Waals surface area contributed by atoms with Gasteiger partial charge in [-0.2, -0.15) is 4.52 Å². The van der Waals surface area contributed by atoms with Crippen LogP contribution in [0, 0.1) is 5.82 Å². The second-order valence-electron chi connectivity index (χ2n) is 7.21. The second-order valence-corrected chi connectivity index (χ2v) is 7.21. The van der Waals surface area contributed by atoms with Crippen molar-refractivity contribution in [2.75, 3.05) is 29.9 Å². The molecule has 30 heavy (non-hydrogen) atoms. The number of hydrogen-bond donors (Lipinski definition) is 0. The van der Waals surface area contributed by atoms with Crippen LogP contribution in [-0.2, 0) is 6.42 Å². The molecule has 1 saturated heterocycles. The number of aromatic nitrogens is 7. The zero-order valence-electron chi connectivity index (χ0n) is 16.6. The zero-order chi connectivity index (χ0) is 20.7. The van der Waals surface area contributed by atoms with E-state index in [2.05, 4.69) is 30.0 Å². The van der Waals surface area contributed by atoms with Crippen LogP contribution in [0.5, 0.6) is 0 Å². The summed E-state index contributed by atoms with van der Waals surface area (Å²) < 4.78 is 16.3. The summed E-state index contributed by atoms with van der Waals surface area (Å²) in [5, 5.41) is 13.2. The predicted molar refractivity (Wildman–Crippen MR) is 110 cm³/mol. The van der Waals surface area contributed by atoms with Gasteiger partial charge in [0.1, 0.15) is 12.1 Å². The van der Waals surface area contributed by atoms with Crippen molar-refractivity contribution in [1.29, 1.82) is 0 Å². The van der Waals surface area contributed by atoms with Crippen LogP contribution in [0.3, 0.4) is 0 Å². The summed E-state index contributed by atoms with van der Waals surface area (Å²) in [6.07, 6.45) is 5.41. The van der Waals surface area contributed by atoms with Gasteiger partial charge in [0.05, 0.1) is 11.7 Å². The highest BCUT2D eigenvalue weighted by molar-refractivity contribution is 5.59. The molecule has 0 spiro atoms. The van der Waals surface area contributed by atoms with Gasteiger partial charge in [0.15, 0.2) is 23.1 Å². The van der Waals surface area contributed by atoms with Crippen LogP contribution in [0.4, 0.5) is 16.0 Å². The van der Waals surface area contributed by atoms with Crippen molar-refractivity contribution in [3.05, 3.63) is 54.5 Å². The first-order valence-corrected chi connectivity index (χ1v) is 9.75. The minimum Gasteiger partial charge on any atom is -0.351 e. The number of likely N-dealkylation sites (N-methyl/N-ethyl adjacent to an activating group) is 1. The van der Waals surface area contributed by atoms with E-state index in [0.29, 0.717) is 42.5 Å². The Kier molecular flexibility index (Phi) is 4.46. The molecule has 0 bridgehead atoms. The molecule has 9 nitrogen and oxygen atoms in total. The summed E-state index contributed by atoms with van der Waals surface area (Å²) in [4.78, 5) is 16.3. The normalized spacial score (nSPS) is 14.2. The van der Waals surface area contributed by atoms with Gasteiger partial charge in [-0.25, -0.2) is 14.4 Å². The molecule has 0 unspecified atom stereocenters. The van der Waals surface area contributed by atoms with Gasteiger partial charge < -0.3 is 9.80 Å². The van der Waals surface area contributed by atoms with Crippen LogP contribution in [0.1, 0.15) is 12.6 Å². The Morgan fingerprint density at radius 2 is 2.03 bits per heavy atom. The monoisotopic (exact) mass is 405 g/mol. The Morgan fingerprint density at radius 3 is 2.80 bits per heavy atom. The highest BCUT2D eigenvalue weighted by Crippen LogP contribution is 2.27. The standard InChI is InChI=1S/C20H20FN9/c1-3-15-18(21)20(24-12-23-15)28(2)14-10-29(11-14)17-7-6-16-25-26-19(30(16)27-17)13-5-4-8-22-9-13/h4-9,12,14H,3,10-11H2,1-2H3. The van der Waals surface area contributed by atoms with Crippen molar-refractivity contribution in [2.45, 2.75) is 19.4 Å². The molecule has 4 aromatic rings. The molecular weight excluding hydrogens is 385 g/mol. The summed E-state index contributed by atoms with van der Waals surface area (Å²) in [5.74, 6) is 1.46. The van der Waals surface area contributed by atoms with Gasteiger partial charge in [0.25, 0.3) is 0 Å². The summed E-state index contributed by atoms with van der Waals surface area (Å²) in [6, 6.07) is 7.73. The third kappa shape index (κ3) is 3.00. The molecule has 0 radical (unpaired) electrons. The first-order chi connectivity index (χ1) is 14.7. The molecule has 0 atom stereocenters. The fraction of sp³-hybridized carbons (Fsp3) is 0.300. The average molecular weight is 405 g/mol. The van der Waals surface area contributed by atoms with E-state index in [1.54, 1.807) is 16.9 Å². The maximum Gasteiger partial charge on any atom is 0.187 e. The molecule has 0 N–H and O–H groups in total. The maximum absolute atomic E-state index is 14.6. The lowest BCUT2D eigenvalue weighted by Gasteiger charge is -2.44. The SMILES string of the molecule is CCc1ncnc(N(C)C2CN(c3ccc4nnc(-c5cccnc5)n4n3)C2)c1F. The summed E-state index contributed by atoms with van der Waals surface area (Å²) in [7, 11) is 1.86. The van der Waals surface area contributed by atoms with Crippen molar-refractivity contribution < 1.29 is 4.39 Å². The number of aryl methyl sites for hydroxylation is 1. The number of fused-ring (bicyclic) bond motifs is 1. The van der Waals surface area contributed by atoms with Gasteiger partial charge in [0.2, 0.25) is 0 Å². The number of hydrogen-bond acceptors (Lipinski definition) is 8. The van der Waals surface area contributed by atoms with Gasteiger partial charge >= 0.3 is 0 Å². The number of nitrogens with zero attached hydrogens (tertiary/aromatic N) is 9. The second kappa shape index (κ2) is 7.29. The molecule has 1 fully saturated rings. The third-order valence-electron chi connectivity index (χ3n) is 5.41. The van der Waals surface area contributed by atoms with Crippen molar-refractivity contribution in [3.63, 3.8) is 0 Å². The Hall–Kier alpha value is -3.69. The molecule has 1 aliphatic rings. The van der Waals surface area contributed by atoms with Crippen molar-refractivity contribution >= 4 is 17.3 Å². The molecule has 0 aliphatic carbocycles. The van der Waals surface area contributed by atoms with Crippen molar-refractivity contribution in [2.24, 2.45) is 0 Å². The molecule has 4 aromatic heterocycles. The Bertz CT molecular complexity index is 1190. The van der Waals surface area contributed by atoms with Crippen LogP contribution < -0.4 is 9.80 Å². The molecule has 0 amide bonds. The minimum atomic E-state index is -0.342. The van der Waals surface area contributed by atoms with Crippen LogP contribution in [0.25, 0.3) is 17.0 Å². The largest absolute Gasteiger partial charge is 0.351 e. The van der Waals surface area contributed by atoms with E-state index in [0.717, 1.165) is 11.4 Å². The fourth-order valence-electron chi connectivity index (χ4n) is 3.57. The Labute approximate surface area is 172 Å². The van der Waals surface area contributed by atoms with E-state index in [4.69, 9.17) is 5.10 Å². The van der Waals surface area contributed by atoms with Crippen molar-refractivity contribution in [1.82, 2.24) is 34.8 Å². The number of pyridine rings is 1. The molecule has 5 rings (SSSR count). The van der Waals surface area contributed by atoms with Crippen LogP contribution >= 0.6 is 0 Å². The molecule has 5 heterocycles. The molecule has 10 heteroatoms. The Balaban J connectivity index is 1.36. The van der Waals surface area contributed by atoms with Gasteiger partial charge in [-0.3, -0.25) is 4.98 Å². The van der Waals surface area contributed by atoms with E-state index >= 15 is 0 Å². The van der Waals surface area contributed by atoms with E-state index in [9.17, 15) is 4.39 Å². The quantitative estimate of drug-likeness (QED) is 0.498. The van der Waals surface area contributed by atoms with Gasteiger partial charge in [0, 0.05) is 38.1 Å². The Morgan fingerprint density at radius 1 is 1.17 bits per heavy atom. The molecule has 0 saturated carbocycles. The zero-order valence-corrected chi connectivity index (χ0v) is 16.6. The topological polar surface area (TPSA) is 88.2 Å². The van der Waals surface area contributed by atoms with E-state index in [1.807, 2.05) is 43.1 Å². The van der Waals surface area contributed by atoms with Crippen LogP contribution in [0.2, 0.25) is 0 Å². The minimum absolute atomic E-state index is 0.135. The fourth-order valence-corrected chi connectivity index (χ4v) is 3.57. The smallest absolute Gasteiger partial charge is 0.187 e. The lowest BCUT2D eigenvalue weighted by atomic mass is 10.1. The molecule has 1 aliphatic heterocycles. The predicted octanol–water partition coefficient (Wildman–Crippen LogP) is 2.00. The highest BCUT2D eigenvalue weighted by Gasteiger charge is 2.33. The number of halogens is 1.